The maximum Gasteiger partial charge on any atom is 0.0453 e. The summed E-state index contributed by atoms with van der Waals surface area (Å²) in [5, 5.41) is 5.15. The third-order valence-electron chi connectivity index (χ3n) is 3.35. The zero-order chi connectivity index (χ0) is 15.1. The summed E-state index contributed by atoms with van der Waals surface area (Å²) in [7, 11) is 0. The first-order valence-electron chi connectivity index (χ1n) is 7.55. The zero-order valence-electron chi connectivity index (χ0n) is 13.0. The average molecular weight is 316 g/mol. The number of hydrogen-bond acceptors (Lipinski definition) is 1. The summed E-state index contributed by atoms with van der Waals surface area (Å²) in [5.74, 6) is 1.45. The molecule has 0 amide bonds. The highest BCUT2D eigenvalue weighted by Gasteiger charge is 2.12. The molecule has 0 fully saturated rings. The third kappa shape index (κ3) is 6.97. The van der Waals surface area contributed by atoms with Crippen LogP contribution in [0.4, 0.5) is 0 Å². The van der Waals surface area contributed by atoms with Crippen LogP contribution >= 0.6 is 23.2 Å². The van der Waals surface area contributed by atoms with E-state index >= 15 is 0 Å². The summed E-state index contributed by atoms with van der Waals surface area (Å²) >= 11 is 12.1. The predicted octanol–water partition coefficient (Wildman–Crippen LogP) is 5.59. The summed E-state index contributed by atoms with van der Waals surface area (Å²) < 4.78 is 0. The second kappa shape index (κ2) is 8.92. The molecule has 1 aromatic carbocycles. The van der Waals surface area contributed by atoms with Crippen LogP contribution in [0.15, 0.2) is 18.2 Å². The molecule has 1 rings (SSSR count). The number of benzene rings is 1. The molecule has 0 saturated carbocycles. The van der Waals surface area contributed by atoms with Gasteiger partial charge in [-0.1, -0.05) is 57.0 Å². The van der Waals surface area contributed by atoms with E-state index in [4.69, 9.17) is 23.2 Å². The van der Waals surface area contributed by atoms with E-state index in [1.165, 1.54) is 12.8 Å². The number of rotatable bonds is 8. The van der Waals surface area contributed by atoms with Crippen LogP contribution in [0.5, 0.6) is 0 Å². The number of halogens is 2. The molecule has 0 aromatic heterocycles. The van der Waals surface area contributed by atoms with Crippen molar-refractivity contribution in [3.63, 3.8) is 0 Å². The second-order valence-corrected chi connectivity index (χ2v) is 7.24. The molecule has 3 heteroatoms. The maximum absolute atomic E-state index is 6.20. The smallest absolute Gasteiger partial charge is 0.0453 e. The fourth-order valence-electron chi connectivity index (χ4n) is 2.54. The minimum Gasteiger partial charge on any atom is -0.314 e. The molecule has 0 atom stereocenters. The van der Waals surface area contributed by atoms with Crippen molar-refractivity contribution in [3.8, 4) is 0 Å². The Morgan fingerprint density at radius 1 is 1.00 bits per heavy atom. The van der Waals surface area contributed by atoms with Crippen LogP contribution in [-0.4, -0.2) is 12.6 Å². The fraction of sp³-hybridized carbons (Fsp3) is 0.647. The lowest BCUT2D eigenvalue weighted by Crippen LogP contribution is -2.33. The van der Waals surface area contributed by atoms with Crippen LogP contribution in [0.3, 0.4) is 0 Å². The van der Waals surface area contributed by atoms with Gasteiger partial charge in [-0.25, -0.2) is 0 Å². The molecule has 0 spiro atoms. The highest BCUT2D eigenvalue weighted by atomic mass is 35.5. The predicted molar refractivity (Wildman–Crippen MR) is 90.9 cm³/mol. The fourth-order valence-corrected chi connectivity index (χ4v) is 3.04. The summed E-state index contributed by atoms with van der Waals surface area (Å²) in [5.41, 5.74) is 1.16. The van der Waals surface area contributed by atoms with Crippen LogP contribution in [-0.2, 0) is 6.42 Å². The van der Waals surface area contributed by atoms with Crippen LogP contribution in [0.1, 0.15) is 46.1 Å². The van der Waals surface area contributed by atoms with Gasteiger partial charge in [-0.3, -0.25) is 0 Å². The third-order valence-corrected chi connectivity index (χ3v) is 3.94. The summed E-state index contributed by atoms with van der Waals surface area (Å²) in [6.07, 6.45) is 3.40. The SMILES string of the molecule is CC(C)CC(CC(C)C)NCCc1ccc(Cl)cc1Cl. The number of nitrogens with one attached hydrogen (secondary N) is 1. The summed E-state index contributed by atoms with van der Waals surface area (Å²) in [6.45, 7) is 10.1. The highest BCUT2D eigenvalue weighted by molar-refractivity contribution is 6.35. The van der Waals surface area contributed by atoms with Crippen molar-refractivity contribution in [2.45, 2.75) is 53.0 Å². The van der Waals surface area contributed by atoms with Crippen molar-refractivity contribution in [1.82, 2.24) is 5.32 Å². The molecular formula is C17H27Cl2N. The molecule has 0 aliphatic carbocycles. The Morgan fingerprint density at radius 3 is 2.10 bits per heavy atom. The van der Waals surface area contributed by atoms with E-state index < -0.39 is 0 Å². The van der Waals surface area contributed by atoms with E-state index in [-0.39, 0.29) is 0 Å². The van der Waals surface area contributed by atoms with E-state index in [9.17, 15) is 0 Å². The zero-order valence-corrected chi connectivity index (χ0v) is 14.6. The molecule has 0 saturated heterocycles. The molecule has 1 aromatic rings. The van der Waals surface area contributed by atoms with Gasteiger partial charge in [0.2, 0.25) is 0 Å². The van der Waals surface area contributed by atoms with Crippen molar-refractivity contribution in [1.29, 1.82) is 0 Å². The topological polar surface area (TPSA) is 12.0 Å². The standard InChI is InChI=1S/C17H27Cl2N/c1-12(2)9-16(10-13(3)4)20-8-7-14-5-6-15(18)11-17(14)19/h5-6,11-13,16,20H,7-10H2,1-4H3. The van der Waals surface area contributed by atoms with Gasteiger partial charge in [0.15, 0.2) is 0 Å². The first-order chi connectivity index (χ1) is 9.38. The van der Waals surface area contributed by atoms with Gasteiger partial charge < -0.3 is 5.32 Å². The lowest BCUT2D eigenvalue weighted by atomic mass is 9.95. The van der Waals surface area contributed by atoms with Crippen LogP contribution in [0, 0.1) is 11.8 Å². The quantitative estimate of drug-likeness (QED) is 0.659. The molecule has 1 nitrogen and oxygen atoms in total. The van der Waals surface area contributed by atoms with Gasteiger partial charge in [-0.15, -0.1) is 0 Å². The van der Waals surface area contributed by atoms with Crippen molar-refractivity contribution >= 4 is 23.2 Å². The van der Waals surface area contributed by atoms with Gasteiger partial charge in [0.1, 0.15) is 0 Å². The van der Waals surface area contributed by atoms with Crippen molar-refractivity contribution in [2.24, 2.45) is 11.8 Å². The van der Waals surface area contributed by atoms with Gasteiger partial charge in [0, 0.05) is 16.1 Å². The van der Waals surface area contributed by atoms with Crippen LogP contribution in [0.25, 0.3) is 0 Å². The molecule has 1 N–H and O–H groups in total. The first-order valence-corrected chi connectivity index (χ1v) is 8.31. The summed E-state index contributed by atoms with van der Waals surface area (Å²) in [4.78, 5) is 0. The molecule has 0 radical (unpaired) electrons. The van der Waals surface area contributed by atoms with Crippen molar-refractivity contribution in [3.05, 3.63) is 33.8 Å². The van der Waals surface area contributed by atoms with Gasteiger partial charge in [-0.2, -0.15) is 0 Å². The molecular weight excluding hydrogens is 289 g/mol. The highest BCUT2D eigenvalue weighted by Crippen LogP contribution is 2.21. The Bertz CT molecular complexity index is 392. The molecule has 0 aliphatic rings. The molecule has 0 bridgehead atoms. The first kappa shape index (κ1) is 17.8. The van der Waals surface area contributed by atoms with Gasteiger partial charge in [0.05, 0.1) is 0 Å². The molecule has 20 heavy (non-hydrogen) atoms. The monoisotopic (exact) mass is 315 g/mol. The van der Waals surface area contributed by atoms with Crippen molar-refractivity contribution in [2.75, 3.05) is 6.54 Å². The largest absolute Gasteiger partial charge is 0.314 e. The Labute approximate surface area is 134 Å². The van der Waals surface area contributed by atoms with E-state index in [1.54, 1.807) is 0 Å². The lowest BCUT2D eigenvalue weighted by molar-refractivity contribution is 0.361. The maximum atomic E-state index is 6.20. The van der Waals surface area contributed by atoms with Gasteiger partial charge in [-0.05, 0) is 55.3 Å². The van der Waals surface area contributed by atoms with Gasteiger partial charge >= 0.3 is 0 Å². The van der Waals surface area contributed by atoms with E-state index in [1.807, 2.05) is 18.2 Å². The minimum absolute atomic E-state index is 0.598. The average Bonchev–Trinajstić information content (AvgIpc) is 2.30. The Hall–Kier alpha value is -0.240. The van der Waals surface area contributed by atoms with E-state index in [0.717, 1.165) is 35.4 Å². The lowest BCUT2D eigenvalue weighted by Gasteiger charge is -2.22. The molecule has 0 aliphatic heterocycles. The van der Waals surface area contributed by atoms with Crippen LogP contribution < -0.4 is 5.32 Å². The molecule has 0 heterocycles. The van der Waals surface area contributed by atoms with E-state index in [0.29, 0.717) is 11.1 Å². The Balaban J connectivity index is 2.46. The van der Waals surface area contributed by atoms with Crippen LogP contribution in [0.2, 0.25) is 10.0 Å². The van der Waals surface area contributed by atoms with Gasteiger partial charge in [0.25, 0.3) is 0 Å². The Morgan fingerprint density at radius 2 is 1.60 bits per heavy atom. The minimum atomic E-state index is 0.598. The molecule has 0 unspecified atom stereocenters. The van der Waals surface area contributed by atoms with Crippen molar-refractivity contribution < 1.29 is 0 Å². The second-order valence-electron chi connectivity index (χ2n) is 6.40. The number of hydrogen-bond donors (Lipinski definition) is 1. The molecule has 114 valence electrons. The summed E-state index contributed by atoms with van der Waals surface area (Å²) in [6, 6.07) is 6.34. The normalized spacial score (nSPS) is 11.8. The van der Waals surface area contributed by atoms with E-state index in [2.05, 4.69) is 33.0 Å². The Kier molecular flexibility index (Phi) is 7.94.